The van der Waals surface area contributed by atoms with Gasteiger partial charge in [-0.2, -0.15) is 5.10 Å². The number of likely N-dealkylation sites (tertiary alicyclic amines) is 1. The molecule has 0 bridgehead atoms. The van der Waals surface area contributed by atoms with Crippen molar-refractivity contribution in [2.45, 2.75) is 46.1 Å². The zero-order chi connectivity index (χ0) is 22.2. The number of rotatable bonds is 5. The summed E-state index contributed by atoms with van der Waals surface area (Å²) >= 11 is 0. The predicted octanol–water partition coefficient (Wildman–Crippen LogP) is 3.29. The van der Waals surface area contributed by atoms with Crippen LogP contribution >= 0.6 is 0 Å². The molecule has 0 N–H and O–H groups in total. The van der Waals surface area contributed by atoms with Crippen molar-refractivity contribution in [3.63, 3.8) is 0 Å². The van der Waals surface area contributed by atoms with Crippen LogP contribution in [0.2, 0.25) is 0 Å². The van der Waals surface area contributed by atoms with E-state index in [2.05, 4.69) is 47.0 Å². The van der Waals surface area contributed by atoms with Crippen molar-refractivity contribution in [2.24, 2.45) is 0 Å². The number of aryl methyl sites for hydroxylation is 2. The lowest BCUT2D eigenvalue weighted by Crippen LogP contribution is -2.38. The predicted molar refractivity (Wildman–Crippen MR) is 124 cm³/mol. The molecule has 1 aromatic carbocycles. The number of nitrogens with zero attached hydrogens (tertiary/aromatic N) is 6. The molecule has 2 aromatic heterocycles. The lowest BCUT2D eigenvalue weighted by Gasteiger charge is -2.26. The van der Waals surface area contributed by atoms with Gasteiger partial charge in [0.2, 0.25) is 0 Å². The minimum Gasteiger partial charge on any atom is -0.337 e. The fraction of sp³-hybridized carbons (Fsp3) is 0.440. The highest BCUT2D eigenvalue weighted by Crippen LogP contribution is 2.32. The second-order valence-electron chi connectivity index (χ2n) is 8.67. The minimum atomic E-state index is 0.0479. The van der Waals surface area contributed by atoms with Crippen LogP contribution in [0.15, 0.2) is 36.7 Å². The Bertz CT molecular complexity index is 1150. The van der Waals surface area contributed by atoms with Gasteiger partial charge in [0.25, 0.3) is 11.9 Å². The SMILES string of the molecule is CCN(CC)[C@H]1CCN(C(=O)c2cnn(-c3ncc4c(n3)-c3ccccc3CC4)c2C)C1. The molecule has 0 unspecified atom stereocenters. The molecule has 0 saturated carbocycles. The van der Waals surface area contributed by atoms with Crippen molar-refractivity contribution < 1.29 is 4.79 Å². The Labute approximate surface area is 189 Å². The summed E-state index contributed by atoms with van der Waals surface area (Å²) < 4.78 is 1.70. The van der Waals surface area contributed by atoms with Crippen molar-refractivity contribution in [3.8, 4) is 17.2 Å². The van der Waals surface area contributed by atoms with E-state index < -0.39 is 0 Å². The number of hydrogen-bond acceptors (Lipinski definition) is 5. The van der Waals surface area contributed by atoms with Gasteiger partial charge in [0, 0.05) is 30.9 Å². The molecule has 7 heteroatoms. The van der Waals surface area contributed by atoms with Gasteiger partial charge in [-0.05, 0) is 50.4 Å². The van der Waals surface area contributed by atoms with Gasteiger partial charge >= 0.3 is 0 Å². The Balaban J connectivity index is 1.41. The molecule has 0 radical (unpaired) electrons. The largest absolute Gasteiger partial charge is 0.337 e. The topological polar surface area (TPSA) is 67.2 Å². The maximum Gasteiger partial charge on any atom is 0.257 e. The van der Waals surface area contributed by atoms with Crippen molar-refractivity contribution >= 4 is 5.91 Å². The van der Waals surface area contributed by atoms with Crippen LogP contribution in [0, 0.1) is 6.92 Å². The number of carbonyl (C=O) groups is 1. The van der Waals surface area contributed by atoms with Gasteiger partial charge in [0.15, 0.2) is 0 Å². The molecule has 2 aliphatic rings. The molecule has 7 nitrogen and oxygen atoms in total. The molecule has 1 fully saturated rings. The third-order valence-electron chi connectivity index (χ3n) is 7.00. The highest BCUT2D eigenvalue weighted by Gasteiger charge is 2.31. The quantitative estimate of drug-likeness (QED) is 0.621. The number of fused-ring (bicyclic) bond motifs is 3. The first-order valence-corrected chi connectivity index (χ1v) is 11.6. The zero-order valence-corrected chi connectivity index (χ0v) is 19.1. The summed E-state index contributed by atoms with van der Waals surface area (Å²) in [5.74, 6) is 0.561. The highest BCUT2D eigenvalue weighted by molar-refractivity contribution is 5.95. The van der Waals surface area contributed by atoms with Crippen molar-refractivity contribution in [3.05, 3.63) is 59.0 Å². The van der Waals surface area contributed by atoms with E-state index in [1.54, 1.807) is 10.9 Å². The van der Waals surface area contributed by atoms with Crippen LogP contribution in [-0.4, -0.2) is 67.7 Å². The Morgan fingerprint density at radius 3 is 2.72 bits per heavy atom. The van der Waals surface area contributed by atoms with Crippen LogP contribution in [0.1, 0.15) is 47.4 Å². The van der Waals surface area contributed by atoms with E-state index in [0.717, 1.165) is 68.0 Å². The number of aromatic nitrogens is 4. The lowest BCUT2D eigenvalue weighted by atomic mass is 9.90. The maximum atomic E-state index is 13.3. The maximum absolute atomic E-state index is 13.3. The average molecular weight is 431 g/mol. The van der Waals surface area contributed by atoms with Crippen molar-refractivity contribution in [1.82, 2.24) is 29.5 Å². The standard InChI is InChI=1S/C25H30N6O/c1-4-29(5-2)20-12-13-30(16-20)24(32)22-15-27-31(17(22)3)25-26-14-19-11-10-18-8-6-7-9-21(18)23(19)28-25/h6-9,14-15,20H,4-5,10-13,16H2,1-3H3/t20-/m0/s1. The second-order valence-corrected chi connectivity index (χ2v) is 8.67. The summed E-state index contributed by atoms with van der Waals surface area (Å²) in [4.78, 5) is 27.1. The van der Waals surface area contributed by atoms with Gasteiger partial charge in [-0.15, -0.1) is 0 Å². The zero-order valence-electron chi connectivity index (χ0n) is 19.1. The molecule has 0 spiro atoms. The third kappa shape index (κ3) is 3.50. The van der Waals surface area contributed by atoms with Crippen molar-refractivity contribution in [2.75, 3.05) is 26.2 Å². The summed E-state index contributed by atoms with van der Waals surface area (Å²) in [6.45, 7) is 9.87. The molecule has 166 valence electrons. The van der Waals surface area contributed by atoms with Crippen LogP contribution in [0.5, 0.6) is 0 Å². The fourth-order valence-electron chi connectivity index (χ4n) is 5.11. The van der Waals surface area contributed by atoms with Gasteiger partial charge in [-0.25, -0.2) is 14.6 Å². The summed E-state index contributed by atoms with van der Waals surface area (Å²) in [5.41, 5.74) is 6.03. The average Bonchev–Trinajstić information content (AvgIpc) is 3.46. The summed E-state index contributed by atoms with van der Waals surface area (Å²) in [6.07, 6.45) is 6.55. The molecule has 3 heterocycles. The van der Waals surface area contributed by atoms with Gasteiger partial charge in [-0.3, -0.25) is 9.69 Å². The third-order valence-corrected chi connectivity index (χ3v) is 7.00. The number of carbonyl (C=O) groups excluding carboxylic acids is 1. The molecular formula is C25H30N6O. The molecule has 1 aliphatic carbocycles. The van der Waals surface area contributed by atoms with Gasteiger partial charge in [0.05, 0.1) is 23.1 Å². The van der Waals surface area contributed by atoms with E-state index in [1.807, 2.05) is 24.1 Å². The minimum absolute atomic E-state index is 0.0479. The number of hydrogen-bond donors (Lipinski definition) is 0. The fourth-order valence-corrected chi connectivity index (χ4v) is 5.11. The Morgan fingerprint density at radius 2 is 1.91 bits per heavy atom. The summed E-state index contributed by atoms with van der Waals surface area (Å²) in [7, 11) is 0. The molecule has 1 aliphatic heterocycles. The molecular weight excluding hydrogens is 400 g/mol. The Kier molecular flexibility index (Phi) is 5.51. The normalized spacial score (nSPS) is 17.5. The van der Waals surface area contributed by atoms with Gasteiger partial charge in [-0.1, -0.05) is 38.1 Å². The molecule has 3 aromatic rings. The van der Waals surface area contributed by atoms with Crippen LogP contribution in [-0.2, 0) is 12.8 Å². The van der Waals surface area contributed by atoms with Crippen LogP contribution < -0.4 is 0 Å². The second kappa shape index (κ2) is 8.47. The van der Waals surface area contributed by atoms with Gasteiger partial charge < -0.3 is 4.90 Å². The van der Waals surface area contributed by atoms with E-state index in [-0.39, 0.29) is 5.91 Å². The smallest absolute Gasteiger partial charge is 0.257 e. The summed E-state index contributed by atoms with van der Waals surface area (Å²) in [5, 5.41) is 4.50. The molecule has 1 saturated heterocycles. The van der Waals surface area contributed by atoms with Gasteiger partial charge in [0.1, 0.15) is 0 Å². The van der Waals surface area contributed by atoms with E-state index in [0.29, 0.717) is 17.6 Å². The Morgan fingerprint density at radius 1 is 1.12 bits per heavy atom. The van der Waals surface area contributed by atoms with Crippen LogP contribution in [0.3, 0.4) is 0 Å². The van der Waals surface area contributed by atoms with Crippen LogP contribution in [0.4, 0.5) is 0 Å². The van der Waals surface area contributed by atoms with E-state index >= 15 is 0 Å². The molecule has 5 rings (SSSR count). The number of amides is 1. The van der Waals surface area contributed by atoms with E-state index in [9.17, 15) is 4.79 Å². The Hall–Kier alpha value is -3.06. The van der Waals surface area contributed by atoms with E-state index in [4.69, 9.17) is 4.98 Å². The lowest BCUT2D eigenvalue weighted by molar-refractivity contribution is 0.0777. The first-order chi connectivity index (χ1) is 15.6. The highest BCUT2D eigenvalue weighted by atomic mass is 16.2. The molecule has 1 amide bonds. The first kappa shape index (κ1) is 20.8. The monoisotopic (exact) mass is 430 g/mol. The molecule has 1 atom stereocenters. The van der Waals surface area contributed by atoms with E-state index in [1.165, 1.54) is 5.56 Å². The summed E-state index contributed by atoms with van der Waals surface area (Å²) in [6, 6.07) is 8.85. The first-order valence-electron chi connectivity index (χ1n) is 11.6. The van der Waals surface area contributed by atoms with Crippen LogP contribution in [0.25, 0.3) is 17.2 Å². The molecule has 32 heavy (non-hydrogen) atoms. The van der Waals surface area contributed by atoms with Crippen molar-refractivity contribution in [1.29, 1.82) is 0 Å². The number of likely N-dealkylation sites (N-methyl/N-ethyl adjacent to an activating group) is 1. The number of benzene rings is 1.